The lowest BCUT2D eigenvalue weighted by molar-refractivity contribution is -0.443. The molecule has 0 radical (unpaired) electrons. The van der Waals surface area contributed by atoms with Crippen molar-refractivity contribution in [2.45, 2.75) is 26.7 Å². The highest BCUT2D eigenvalue weighted by Crippen LogP contribution is 2.83. The van der Waals surface area contributed by atoms with Gasteiger partial charge in [0.2, 0.25) is 0 Å². The molecule has 8 heteroatoms. The third-order valence-electron chi connectivity index (χ3n) is 2.47. The molecule has 7 nitrogen and oxygen atoms in total. The van der Waals surface area contributed by atoms with Crippen molar-refractivity contribution in [2.24, 2.45) is 0 Å². The van der Waals surface area contributed by atoms with Crippen molar-refractivity contribution >= 4 is 7.82 Å². The molecule has 0 aromatic carbocycles. The average molecular weight is 246 g/mol. The molecule has 4 rings (SSSR count). The molecule has 16 heavy (non-hydrogen) atoms. The molecule has 0 amide bonds. The van der Waals surface area contributed by atoms with E-state index in [0.717, 1.165) is 11.4 Å². The van der Waals surface area contributed by atoms with E-state index in [0.29, 0.717) is 11.4 Å². The van der Waals surface area contributed by atoms with Crippen LogP contribution in [0.3, 0.4) is 0 Å². The highest BCUT2D eigenvalue weighted by molar-refractivity contribution is 7.51. The van der Waals surface area contributed by atoms with E-state index in [-0.39, 0.29) is 5.48 Å². The molecular formula is C8H11N2O5P. The SMILES string of the molecule is Cc1nc(C)c(C23OP(=O)(O2)O3)nc1C.O. The predicted octanol–water partition coefficient (Wildman–Crippen LogP) is 0.873. The van der Waals surface area contributed by atoms with Gasteiger partial charge in [0.15, 0.2) is 5.69 Å². The van der Waals surface area contributed by atoms with E-state index in [4.69, 9.17) is 13.6 Å². The van der Waals surface area contributed by atoms with Gasteiger partial charge in [0.05, 0.1) is 17.1 Å². The Balaban J connectivity index is 0.000000963. The van der Waals surface area contributed by atoms with Crippen LogP contribution in [0.25, 0.3) is 0 Å². The van der Waals surface area contributed by atoms with Gasteiger partial charge in [0.1, 0.15) is 0 Å². The van der Waals surface area contributed by atoms with E-state index in [1.807, 2.05) is 13.8 Å². The summed E-state index contributed by atoms with van der Waals surface area (Å²) in [6, 6.07) is 0. The maximum absolute atomic E-state index is 11.1. The Morgan fingerprint density at radius 3 is 2.00 bits per heavy atom. The van der Waals surface area contributed by atoms with Crippen LogP contribution in [-0.4, -0.2) is 15.4 Å². The van der Waals surface area contributed by atoms with E-state index >= 15 is 0 Å². The van der Waals surface area contributed by atoms with Gasteiger partial charge in [-0.25, -0.2) is 23.1 Å². The number of phosphoric ester groups is 1. The van der Waals surface area contributed by atoms with Crippen LogP contribution < -0.4 is 0 Å². The first-order chi connectivity index (χ1) is 6.94. The minimum atomic E-state index is -3.17. The summed E-state index contributed by atoms with van der Waals surface area (Å²) in [6.45, 7) is 5.48. The van der Waals surface area contributed by atoms with Gasteiger partial charge in [-0.1, -0.05) is 0 Å². The molecule has 4 heterocycles. The number of hydrogen-bond donors (Lipinski definition) is 0. The number of nitrogens with zero attached hydrogens (tertiary/aromatic N) is 2. The molecule has 3 aliphatic rings. The van der Waals surface area contributed by atoms with Crippen molar-refractivity contribution in [1.82, 2.24) is 9.97 Å². The Labute approximate surface area is 91.7 Å². The van der Waals surface area contributed by atoms with Crippen LogP contribution in [0.1, 0.15) is 22.8 Å². The van der Waals surface area contributed by atoms with Crippen LogP contribution >= 0.6 is 7.82 Å². The van der Waals surface area contributed by atoms with Crippen LogP contribution in [0.15, 0.2) is 0 Å². The molecule has 1 aromatic rings. The normalized spacial score (nSPS) is 34.7. The Kier molecular flexibility index (Phi) is 2.24. The smallest absolute Gasteiger partial charge is 0.412 e. The van der Waals surface area contributed by atoms with Gasteiger partial charge in [-0.2, -0.15) is 0 Å². The molecule has 3 aliphatic heterocycles. The third kappa shape index (κ3) is 1.27. The Bertz CT molecular complexity index is 491. The fourth-order valence-corrected chi connectivity index (χ4v) is 2.78. The maximum Gasteiger partial charge on any atom is 0.488 e. The standard InChI is InChI=1S/C8H9N2O4P.H2O/c1-4-5(2)10-7(6(3)9-4)8-12-15(11,13-8)14-8;/h1-3H3;1H2. The summed E-state index contributed by atoms with van der Waals surface area (Å²) in [5, 5.41) is 0. The van der Waals surface area contributed by atoms with Gasteiger partial charge >= 0.3 is 13.8 Å². The summed E-state index contributed by atoms with van der Waals surface area (Å²) >= 11 is 0. The molecule has 0 aliphatic carbocycles. The van der Waals surface area contributed by atoms with Crippen molar-refractivity contribution in [3.05, 3.63) is 22.8 Å². The van der Waals surface area contributed by atoms with E-state index in [2.05, 4.69) is 9.97 Å². The molecule has 2 N–H and O–H groups in total. The van der Waals surface area contributed by atoms with Crippen LogP contribution in [0, 0.1) is 20.8 Å². The quantitative estimate of drug-likeness (QED) is 0.681. The second kappa shape index (κ2) is 3.09. The maximum atomic E-state index is 11.1. The number of hydrogen-bond acceptors (Lipinski definition) is 6. The van der Waals surface area contributed by atoms with Crippen molar-refractivity contribution in [1.29, 1.82) is 0 Å². The van der Waals surface area contributed by atoms with Crippen LogP contribution in [-0.2, 0) is 24.1 Å². The van der Waals surface area contributed by atoms with Crippen molar-refractivity contribution < 1.29 is 23.6 Å². The minimum Gasteiger partial charge on any atom is -0.412 e. The lowest BCUT2D eigenvalue weighted by atomic mass is 10.2. The number of phosphoric acid groups is 1. The largest absolute Gasteiger partial charge is 0.488 e. The Hall–Kier alpha value is -0.850. The molecule has 3 saturated heterocycles. The second-order valence-corrected chi connectivity index (χ2v) is 5.05. The molecule has 0 atom stereocenters. The van der Waals surface area contributed by atoms with Gasteiger partial charge < -0.3 is 5.48 Å². The van der Waals surface area contributed by atoms with Gasteiger partial charge in [-0.05, 0) is 20.8 Å². The van der Waals surface area contributed by atoms with Crippen molar-refractivity contribution in [2.75, 3.05) is 0 Å². The van der Waals surface area contributed by atoms with Gasteiger partial charge in [-0.3, -0.25) is 4.98 Å². The zero-order valence-corrected chi connectivity index (χ0v) is 9.87. The van der Waals surface area contributed by atoms with E-state index in [9.17, 15) is 4.57 Å². The first-order valence-corrected chi connectivity index (χ1v) is 5.95. The lowest BCUT2D eigenvalue weighted by Crippen LogP contribution is -2.55. The molecule has 3 fully saturated rings. The topological polar surface area (TPSA) is 102 Å². The summed E-state index contributed by atoms with van der Waals surface area (Å²) < 4.78 is 26.0. The Morgan fingerprint density at radius 1 is 1.00 bits per heavy atom. The summed E-state index contributed by atoms with van der Waals surface area (Å²) in [5.41, 5.74) is 2.72. The molecule has 88 valence electrons. The van der Waals surface area contributed by atoms with Crippen LogP contribution in [0.4, 0.5) is 0 Å². The summed E-state index contributed by atoms with van der Waals surface area (Å²) in [4.78, 5) is 8.55. The van der Waals surface area contributed by atoms with Crippen molar-refractivity contribution in [3.63, 3.8) is 0 Å². The minimum absolute atomic E-state index is 0. The molecule has 0 unspecified atom stereocenters. The first kappa shape index (κ1) is 11.6. The predicted molar refractivity (Wildman–Crippen MR) is 52.4 cm³/mol. The number of rotatable bonds is 1. The van der Waals surface area contributed by atoms with Crippen molar-refractivity contribution in [3.8, 4) is 0 Å². The van der Waals surface area contributed by atoms with E-state index in [1.54, 1.807) is 6.92 Å². The fraction of sp³-hybridized carbons (Fsp3) is 0.500. The number of aryl methyl sites for hydroxylation is 3. The van der Waals surface area contributed by atoms with Gasteiger partial charge in [0, 0.05) is 0 Å². The van der Waals surface area contributed by atoms with E-state index in [1.165, 1.54) is 0 Å². The summed E-state index contributed by atoms with van der Waals surface area (Å²) in [7, 11) is -3.17. The molecule has 1 aromatic heterocycles. The second-order valence-electron chi connectivity index (χ2n) is 3.61. The average Bonchev–Trinajstić information content (AvgIpc) is 2.05. The summed E-state index contributed by atoms with van der Waals surface area (Å²) in [5.74, 6) is -1.34. The van der Waals surface area contributed by atoms with Crippen LogP contribution in [0.5, 0.6) is 0 Å². The highest BCUT2D eigenvalue weighted by atomic mass is 31.2. The Morgan fingerprint density at radius 2 is 1.50 bits per heavy atom. The molecule has 0 spiro atoms. The lowest BCUT2D eigenvalue weighted by Gasteiger charge is -2.54. The third-order valence-corrected chi connectivity index (χ3v) is 3.86. The number of aromatic nitrogens is 2. The molecular weight excluding hydrogens is 235 g/mol. The first-order valence-electron chi connectivity index (χ1n) is 4.49. The van der Waals surface area contributed by atoms with Gasteiger partial charge in [-0.15, -0.1) is 0 Å². The highest BCUT2D eigenvalue weighted by Gasteiger charge is 2.77. The summed E-state index contributed by atoms with van der Waals surface area (Å²) in [6.07, 6.45) is 0. The zero-order valence-electron chi connectivity index (χ0n) is 8.97. The van der Waals surface area contributed by atoms with Gasteiger partial charge in [0.25, 0.3) is 0 Å². The zero-order chi connectivity index (χ0) is 10.8. The van der Waals surface area contributed by atoms with E-state index < -0.39 is 13.8 Å². The molecule has 2 bridgehead atoms. The molecule has 0 saturated carbocycles. The fourth-order valence-electron chi connectivity index (χ4n) is 1.60. The monoisotopic (exact) mass is 246 g/mol. The van der Waals surface area contributed by atoms with Crippen LogP contribution in [0.2, 0.25) is 0 Å².